The molecular weight excluding hydrogens is 394 g/mol. The van der Waals surface area contributed by atoms with Crippen LogP contribution in [0.15, 0.2) is 60.7 Å². The third kappa shape index (κ3) is 7.72. The van der Waals surface area contributed by atoms with Gasteiger partial charge in [-0.15, -0.1) is 0 Å². The van der Waals surface area contributed by atoms with E-state index in [1.165, 1.54) is 36.8 Å². The summed E-state index contributed by atoms with van der Waals surface area (Å²) in [6, 6.07) is 21.6. The Bertz CT molecular complexity index is 700. The lowest BCUT2D eigenvalue weighted by Gasteiger charge is -2.21. The fourth-order valence-electron chi connectivity index (χ4n) is 5.19. The van der Waals surface area contributed by atoms with Crippen LogP contribution in [-0.4, -0.2) is 49.5 Å². The zero-order valence-electron chi connectivity index (χ0n) is 19.8. The first-order chi connectivity index (χ1) is 15.7. The van der Waals surface area contributed by atoms with E-state index >= 15 is 0 Å². The Morgan fingerprint density at radius 2 is 0.969 bits per heavy atom. The van der Waals surface area contributed by atoms with Crippen molar-refractivity contribution in [2.45, 2.75) is 88.6 Å². The highest BCUT2D eigenvalue weighted by Crippen LogP contribution is 2.27. The van der Waals surface area contributed by atoms with Crippen molar-refractivity contribution in [2.75, 3.05) is 20.1 Å². The van der Waals surface area contributed by atoms with E-state index in [2.05, 4.69) is 72.6 Å². The molecule has 4 rings (SSSR count). The number of rotatable bonds is 12. The Hall–Kier alpha value is -1.68. The van der Waals surface area contributed by atoms with Crippen molar-refractivity contribution in [1.82, 2.24) is 4.90 Å². The minimum Gasteiger partial charge on any atom is -0.375 e. The van der Waals surface area contributed by atoms with Crippen LogP contribution in [0.5, 0.6) is 0 Å². The molecule has 2 heterocycles. The lowest BCUT2D eigenvalue weighted by atomic mass is 10.0. The predicted molar refractivity (Wildman–Crippen MR) is 132 cm³/mol. The first-order valence-corrected chi connectivity index (χ1v) is 12.8. The molecular formula is C29H41NO2. The average molecular weight is 436 g/mol. The quantitative estimate of drug-likeness (QED) is 0.404. The van der Waals surface area contributed by atoms with Crippen molar-refractivity contribution in [3.8, 4) is 0 Å². The van der Waals surface area contributed by atoms with Crippen LogP contribution in [0.25, 0.3) is 0 Å². The van der Waals surface area contributed by atoms with Gasteiger partial charge in [0.15, 0.2) is 0 Å². The first kappa shape index (κ1) is 23.5. The molecule has 2 aromatic rings. The molecule has 0 bridgehead atoms. The van der Waals surface area contributed by atoms with Crippen LogP contribution in [0.2, 0.25) is 0 Å². The topological polar surface area (TPSA) is 21.7 Å². The summed E-state index contributed by atoms with van der Waals surface area (Å²) in [5.74, 6) is 0. The van der Waals surface area contributed by atoms with Gasteiger partial charge in [-0.2, -0.15) is 0 Å². The summed E-state index contributed by atoms with van der Waals surface area (Å²) in [5, 5.41) is 0. The maximum atomic E-state index is 6.34. The van der Waals surface area contributed by atoms with Crippen molar-refractivity contribution in [3.63, 3.8) is 0 Å². The van der Waals surface area contributed by atoms with Crippen LogP contribution in [-0.2, 0) is 22.3 Å². The maximum absolute atomic E-state index is 6.34. The van der Waals surface area contributed by atoms with Gasteiger partial charge in [-0.25, -0.2) is 0 Å². The molecule has 2 aromatic carbocycles. The Labute approximate surface area is 195 Å². The second-order valence-corrected chi connectivity index (χ2v) is 9.84. The predicted octanol–water partition coefficient (Wildman–Crippen LogP) is 6.06. The highest BCUT2D eigenvalue weighted by molar-refractivity contribution is 5.15. The number of ether oxygens (including phenoxy) is 2. The second-order valence-electron chi connectivity index (χ2n) is 9.84. The van der Waals surface area contributed by atoms with Gasteiger partial charge in [0.2, 0.25) is 0 Å². The molecule has 3 heteroatoms. The highest BCUT2D eigenvalue weighted by atomic mass is 16.5. The van der Waals surface area contributed by atoms with Crippen LogP contribution in [0.3, 0.4) is 0 Å². The molecule has 174 valence electrons. The van der Waals surface area contributed by atoms with Gasteiger partial charge in [-0.1, -0.05) is 60.7 Å². The normalized spacial score (nSPS) is 25.6. The van der Waals surface area contributed by atoms with Crippen LogP contribution in [0, 0.1) is 0 Å². The minimum absolute atomic E-state index is 0.448. The summed E-state index contributed by atoms with van der Waals surface area (Å²) >= 11 is 0. The van der Waals surface area contributed by atoms with Gasteiger partial charge in [0, 0.05) is 13.1 Å². The van der Waals surface area contributed by atoms with Gasteiger partial charge < -0.3 is 14.4 Å². The average Bonchev–Trinajstić information content (AvgIpc) is 3.49. The monoisotopic (exact) mass is 435 g/mol. The SMILES string of the molecule is CN(CCC1CCC(CCc2ccccc2)O1)CCC1CCC(CCc2ccccc2)O1. The van der Waals surface area contributed by atoms with E-state index in [1.807, 2.05) is 0 Å². The number of hydrogen-bond donors (Lipinski definition) is 0. The molecule has 32 heavy (non-hydrogen) atoms. The van der Waals surface area contributed by atoms with E-state index in [9.17, 15) is 0 Å². The fourth-order valence-corrected chi connectivity index (χ4v) is 5.19. The first-order valence-electron chi connectivity index (χ1n) is 12.8. The maximum Gasteiger partial charge on any atom is 0.0592 e. The molecule has 0 N–H and O–H groups in total. The summed E-state index contributed by atoms with van der Waals surface area (Å²) in [5.41, 5.74) is 2.85. The third-order valence-corrected chi connectivity index (χ3v) is 7.25. The smallest absolute Gasteiger partial charge is 0.0592 e. The highest BCUT2D eigenvalue weighted by Gasteiger charge is 2.26. The molecule has 0 aromatic heterocycles. The van der Waals surface area contributed by atoms with Crippen LogP contribution in [0.1, 0.15) is 62.5 Å². The van der Waals surface area contributed by atoms with E-state index < -0.39 is 0 Å². The number of aryl methyl sites for hydroxylation is 2. The van der Waals surface area contributed by atoms with Gasteiger partial charge in [-0.05, 0) is 82.4 Å². The van der Waals surface area contributed by atoms with E-state index in [-0.39, 0.29) is 0 Å². The molecule has 0 radical (unpaired) electrons. The van der Waals surface area contributed by atoms with Crippen LogP contribution in [0.4, 0.5) is 0 Å². The summed E-state index contributed by atoms with van der Waals surface area (Å²) in [6.07, 6.45) is 13.6. The van der Waals surface area contributed by atoms with Gasteiger partial charge >= 0.3 is 0 Å². The Morgan fingerprint density at radius 1 is 0.594 bits per heavy atom. The lowest BCUT2D eigenvalue weighted by Crippen LogP contribution is -2.27. The molecule has 2 aliphatic rings. The molecule has 0 aliphatic carbocycles. The molecule has 0 spiro atoms. The lowest BCUT2D eigenvalue weighted by molar-refractivity contribution is 0.0243. The van der Waals surface area contributed by atoms with Gasteiger partial charge in [0.1, 0.15) is 0 Å². The summed E-state index contributed by atoms with van der Waals surface area (Å²) in [4.78, 5) is 2.47. The van der Waals surface area contributed by atoms with Crippen molar-refractivity contribution < 1.29 is 9.47 Å². The molecule has 0 saturated carbocycles. The zero-order valence-corrected chi connectivity index (χ0v) is 19.8. The third-order valence-electron chi connectivity index (χ3n) is 7.25. The molecule has 2 fully saturated rings. The largest absolute Gasteiger partial charge is 0.375 e. The van der Waals surface area contributed by atoms with Gasteiger partial charge in [0.25, 0.3) is 0 Å². The standard InChI is InChI=1S/C29H41NO2/c1-30(22-20-28-18-16-26(31-28)14-12-24-8-4-2-5-9-24)23-21-29-19-17-27(32-29)15-13-25-10-6-3-7-11-25/h2-11,26-29H,12-23H2,1H3. The van der Waals surface area contributed by atoms with Gasteiger partial charge in [0.05, 0.1) is 24.4 Å². The molecule has 3 nitrogen and oxygen atoms in total. The van der Waals surface area contributed by atoms with Crippen LogP contribution < -0.4 is 0 Å². The summed E-state index contributed by atoms with van der Waals surface area (Å²) in [6.45, 7) is 2.25. The Kier molecular flexibility index (Phi) is 9.19. The number of hydrogen-bond acceptors (Lipinski definition) is 3. The summed E-state index contributed by atoms with van der Waals surface area (Å²) in [7, 11) is 2.25. The van der Waals surface area contributed by atoms with E-state index in [0.717, 1.165) is 51.6 Å². The molecule has 4 unspecified atom stereocenters. The minimum atomic E-state index is 0.448. The number of nitrogens with zero attached hydrogens (tertiary/aromatic N) is 1. The Balaban J connectivity index is 1.05. The zero-order chi connectivity index (χ0) is 22.0. The van der Waals surface area contributed by atoms with E-state index in [0.29, 0.717) is 24.4 Å². The van der Waals surface area contributed by atoms with Crippen molar-refractivity contribution in [3.05, 3.63) is 71.8 Å². The molecule has 2 saturated heterocycles. The second kappa shape index (κ2) is 12.5. The van der Waals surface area contributed by atoms with Crippen molar-refractivity contribution >= 4 is 0 Å². The van der Waals surface area contributed by atoms with Gasteiger partial charge in [-0.3, -0.25) is 0 Å². The summed E-state index contributed by atoms with van der Waals surface area (Å²) < 4.78 is 12.7. The van der Waals surface area contributed by atoms with Crippen molar-refractivity contribution in [1.29, 1.82) is 0 Å². The van der Waals surface area contributed by atoms with E-state index in [1.54, 1.807) is 0 Å². The fraction of sp³-hybridized carbons (Fsp3) is 0.586. The molecule has 0 amide bonds. The van der Waals surface area contributed by atoms with Crippen LogP contribution >= 0.6 is 0 Å². The Morgan fingerprint density at radius 3 is 1.38 bits per heavy atom. The number of benzene rings is 2. The van der Waals surface area contributed by atoms with Crippen molar-refractivity contribution in [2.24, 2.45) is 0 Å². The molecule has 2 aliphatic heterocycles. The van der Waals surface area contributed by atoms with E-state index in [4.69, 9.17) is 9.47 Å². The molecule has 4 atom stereocenters.